The van der Waals surface area contributed by atoms with E-state index in [4.69, 9.17) is 4.42 Å². The monoisotopic (exact) mass is 403 g/mol. The molecule has 1 amide bonds. The van der Waals surface area contributed by atoms with Gasteiger partial charge >= 0.3 is 0 Å². The maximum Gasteiger partial charge on any atom is 0.277 e. The third-order valence-electron chi connectivity index (χ3n) is 8.08. The van der Waals surface area contributed by atoms with E-state index in [1.165, 1.54) is 69.5 Å². The Hall–Kier alpha value is -1.04. The highest BCUT2D eigenvalue weighted by Crippen LogP contribution is 2.61. The summed E-state index contributed by atoms with van der Waals surface area (Å²) in [5, 5.41) is 12.3. The van der Waals surface area contributed by atoms with E-state index in [1.807, 2.05) is 0 Å². The Morgan fingerprint density at radius 2 is 1.75 bits per heavy atom. The number of nitrogens with one attached hydrogen (secondary N) is 1. The number of amides is 1. The van der Waals surface area contributed by atoms with Crippen molar-refractivity contribution in [3.63, 3.8) is 0 Å². The van der Waals surface area contributed by atoms with E-state index in [2.05, 4.69) is 22.4 Å². The maximum absolute atomic E-state index is 12.6. The van der Waals surface area contributed by atoms with Gasteiger partial charge in [0.2, 0.25) is 11.8 Å². The molecule has 0 radical (unpaired) electrons. The zero-order valence-corrected chi connectivity index (χ0v) is 17.8. The fourth-order valence-electron chi connectivity index (χ4n) is 7.06. The highest BCUT2D eigenvalue weighted by atomic mass is 32.2. The lowest BCUT2D eigenvalue weighted by Crippen LogP contribution is -2.56. The van der Waals surface area contributed by atoms with Gasteiger partial charge < -0.3 is 9.73 Å². The van der Waals surface area contributed by atoms with Gasteiger partial charge in [0.25, 0.3) is 5.22 Å². The van der Waals surface area contributed by atoms with Crippen molar-refractivity contribution >= 4 is 17.7 Å². The molecule has 0 spiro atoms. The minimum absolute atomic E-state index is 0.102. The summed E-state index contributed by atoms with van der Waals surface area (Å²) in [4.78, 5) is 12.6. The molecule has 0 aliphatic heterocycles. The predicted molar refractivity (Wildman–Crippen MR) is 109 cm³/mol. The van der Waals surface area contributed by atoms with E-state index in [1.54, 1.807) is 0 Å². The number of carbonyl (C=O) groups excluding carboxylic acids is 1. The quantitative estimate of drug-likeness (QED) is 0.682. The second-order valence-corrected chi connectivity index (χ2v) is 11.0. The Balaban J connectivity index is 1.13. The molecule has 0 saturated heterocycles. The first-order valence-corrected chi connectivity index (χ1v) is 12.3. The molecule has 5 aliphatic rings. The van der Waals surface area contributed by atoms with E-state index in [0.29, 0.717) is 22.3 Å². The Kier molecular flexibility index (Phi) is 5.18. The third kappa shape index (κ3) is 3.73. The molecule has 6 rings (SSSR count). The topological polar surface area (TPSA) is 68.0 Å². The number of nitrogens with zero attached hydrogens (tertiary/aromatic N) is 2. The van der Waals surface area contributed by atoms with Gasteiger partial charge in [-0.25, -0.2) is 0 Å². The van der Waals surface area contributed by atoms with Gasteiger partial charge in [-0.15, -0.1) is 10.2 Å². The molecule has 6 heteroatoms. The van der Waals surface area contributed by atoms with Gasteiger partial charge in [-0.1, -0.05) is 31.0 Å². The molecule has 5 aliphatic carbocycles. The van der Waals surface area contributed by atoms with Crippen molar-refractivity contribution in [2.45, 2.75) is 94.7 Å². The summed E-state index contributed by atoms with van der Waals surface area (Å²) in [7, 11) is 0. The molecular formula is C22H33N3O2S. The van der Waals surface area contributed by atoms with Crippen molar-refractivity contribution in [1.29, 1.82) is 0 Å². The molecule has 1 N–H and O–H groups in total. The van der Waals surface area contributed by atoms with Crippen LogP contribution in [0.25, 0.3) is 0 Å². The lowest BCUT2D eigenvalue weighted by Gasteiger charge is -2.59. The van der Waals surface area contributed by atoms with Crippen LogP contribution in [0, 0.1) is 23.2 Å². The lowest BCUT2D eigenvalue weighted by molar-refractivity contribution is -0.123. The van der Waals surface area contributed by atoms with Crippen LogP contribution in [0.4, 0.5) is 0 Å². The Morgan fingerprint density at radius 3 is 2.39 bits per heavy atom. The average Bonchev–Trinajstić information content (AvgIpc) is 3.15. The van der Waals surface area contributed by atoms with Crippen LogP contribution in [-0.2, 0) is 4.79 Å². The smallest absolute Gasteiger partial charge is 0.277 e. The van der Waals surface area contributed by atoms with E-state index in [9.17, 15) is 4.79 Å². The second kappa shape index (κ2) is 7.66. The number of thioether (sulfide) groups is 1. The minimum Gasteiger partial charge on any atom is -0.416 e. The van der Waals surface area contributed by atoms with Gasteiger partial charge in [-0.05, 0) is 81.5 Å². The predicted octanol–water partition coefficient (Wildman–Crippen LogP) is 4.93. The summed E-state index contributed by atoms with van der Waals surface area (Å²) >= 11 is 1.38. The first-order chi connectivity index (χ1) is 13.6. The summed E-state index contributed by atoms with van der Waals surface area (Å²) in [6.45, 7) is 2.24. The molecule has 1 heterocycles. The van der Waals surface area contributed by atoms with Crippen molar-refractivity contribution in [1.82, 2.24) is 15.5 Å². The lowest BCUT2D eigenvalue weighted by atomic mass is 9.48. The summed E-state index contributed by atoms with van der Waals surface area (Å²) < 4.78 is 5.84. The molecule has 0 aromatic carbocycles. The largest absolute Gasteiger partial charge is 0.416 e. The van der Waals surface area contributed by atoms with Gasteiger partial charge in [0, 0.05) is 12.0 Å². The SMILES string of the molecule is CC(NC(=O)CSc1nnc(C2CCCCC2)o1)C12CC3CC(CC(C3)C1)C2. The van der Waals surface area contributed by atoms with Crippen LogP contribution < -0.4 is 5.32 Å². The van der Waals surface area contributed by atoms with Gasteiger partial charge in [-0.2, -0.15) is 0 Å². The number of hydrogen-bond acceptors (Lipinski definition) is 5. The Morgan fingerprint density at radius 1 is 1.11 bits per heavy atom. The van der Waals surface area contributed by atoms with Crippen LogP contribution in [0.15, 0.2) is 9.64 Å². The molecule has 1 atom stereocenters. The van der Waals surface area contributed by atoms with Gasteiger partial charge in [0.15, 0.2) is 0 Å². The molecular weight excluding hydrogens is 370 g/mol. The Labute approximate surface area is 172 Å². The molecule has 1 aromatic heterocycles. The van der Waals surface area contributed by atoms with E-state index in [-0.39, 0.29) is 11.9 Å². The van der Waals surface area contributed by atoms with Crippen LogP contribution >= 0.6 is 11.8 Å². The zero-order valence-electron chi connectivity index (χ0n) is 17.0. The number of aromatic nitrogens is 2. The van der Waals surface area contributed by atoms with Crippen molar-refractivity contribution in [2.75, 3.05) is 5.75 Å². The third-order valence-corrected chi connectivity index (χ3v) is 8.90. The summed E-state index contributed by atoms with van der Waals surface area (Å²) in [5.74, 6) is 4.39. The molecule has 1 unspecified atom stereocenters. The molecule has 28 heavy (non-hydrogen) atoms. The van der Waals surface area contributed by atoms with Crippen molar-refractivity contribution in [3.8, 4) is 0 Å². The van der Waals surface area contributed by atoms with Gasteiger partial charge in [-0.3, -0.25) is 4.79 Å². The summed E-state index contributed by atoms with van der Waals surface area (Å²) in [6, 6.07) is 0.273. The molecule has 5 nitrogen and oxygen atoms in total. The highest BCUT2D eigenvalue weighted by Gasteiger charge is 2.53. The number of carbonyl (C=O) groups is 1. The van der Waals surface area contributed by atoms with Crippen molar-refractivity contribution < 1.29 is 9.21 Å². The van der Waals surface area contributed by atoms with E-state index >= 15 is 0 Å². The fourth-order valence-corrected chi connectivity index (χ4v) is 7.65. The molecule has 5 saturated carbocycles. The van der Waals surface area contributed by atoms with Crippen LogP contribution in [0.1, 0.15) is 89.4 Å². The second-order valence-electron chi connectivity index (χ2n) is 10.1. The number of hydrogen-bond donors (Lipinski definition) is 1. The van der Waals surface area contributed by atoms with Crippen LogP contribution in [0.5, 0.6) is 0 Å². The molecule has 5 fully saturated rings. The summed E-state index contributed by atoms with van der Waals surface area (Å²) in [6.07, 6.45) is 14.4. The van der Waals surface area contributed by atoms with Crippen LogP contribution in [0.2, 0.25) is 0 Å². The fraction of sp³-hybridized carbons (Fsp3) is 0.864. The van der Waals surface area contributed by atoms with Gasteiger partial charge in [0.05, 0.1) is 5.75 Å². The molecule has 4 bridgehead atoms. The average molecular weight is 404 g/mol. The first kappa shape index (κ1) is 19.0. The zero-order chi connectivity index (χ0) is 19.1. The normalized spacial score (nSPS) is 35.8. The van der Waals surface area contributed by atoms with E-state index in [0.717, 1.165) is 36.5 Å². The van der Waals surface area contributed by atoms with E-state index < -0.39 is 0 Å². The minimum atomic E-state index is 0.102. The van der Waals surface area contributed by atoms with Crippen molar-refractivity contribution in [2.24, 2.45) is 23.2 Å². The van der Waals surface area contributed by atoms with Gasteiger partial charge in [0.1, 0.15) is 0 Å². The number of rotatable bonds is 6. The highest BCUT2D eigenvalue weighted by molar-refractivity contribution is 7.99. The van der Waals surface area contributed by atoms with Crippen LogP contribution in [0.3, 0.4) is 0 Å². The van der Waals surface area contributed by atoms with Crippen molar-refractivity contribution in [3.05, 3.63) is 5.89 Å². The maximum atomic E-state index is 12.6. The molecule has 154 valence electrons. The summed E-state index contributed by atoms with van der Waals surface area (Å²) in [5.41, 5.74) is 0.355. The molecule has 1 aromatic rings. The standard InChI is InChI=1S/C22H33N3O2S/c1-14(22-10-15-7-16(11-22)9-17(8-15)12-22)23-19(26)13-28-21-25-24-20(27-21)18-5-3-2-4-6-18/h14-18H,2-13H2,1H3,(H,23,26). The Bertz CT molecular complexity index is 677. The first-order valence-electron chi connectivity index (χ1n) is 11.4. The van der Waals surface area contributed by atoms with Crippen LogP contribution in [-0.4, -0.2) is 27.9 Å².